The maximum atomic E-state index is 10.3. The fraction of sp³-hybridized carbons (Fsp3) is 0. The van der Waals surface area contributed by atoms with Gasteiger partial charge in [0.05, 0.1) is 0 Å². The van der Waals surface area contributed by atoms with E-state index in [0.717, 1.165) is 0 Å². The number of nitrogens with zero attached hydrogens (tertiary/aromatic N) is 1. The topological polar surface area (TPSA) is 46.5 Å². The summed E-state index contributed by atoms with van der Waals surface area (Å²) in [5, 5.41) is 0. The highest BCUT2D eigenvalue weighted by Gasteiger charge is 1.91. The monoisotopic (exact) mass is 161 g/mol. The third-order valence-electron chi connectivity index (χ3n) is 1.30. The summed E-state index contributed by atoms with van der Waals surface area (Å²) < 4.78 is 0. The summed E-state index contributed by atoms with van der Waals surface area (Å²) in [7, 11) is 0. The summed E-state index contributed by atoms with van der Waals surface area (Å²) in [4.78, 5) is 24.4. The highest BCUT2D eigenvalue weighted by atomic mass is 16.1. The Morgan fingerprint density at radius 2 is 1.92 bits per heavy atom. The standard InChI is InChI=1S/C9H7NO2/c11-6-8-2-1-3-9(7-12)5-10-4-8/h1-7H. The lowest BCUT2D eigenvalue weighted by atomic mass is 10.2. The second-order valence-corrected chi connectivity index (χ2v) is 2.17. The van der Waals surface area contributed by atoms with Crippen molar-refractivity contribution in [2.45, 2.75) is 0 Å². The molecule has 1 heterocycles. The Labute approximate surface area is 69.8 Å². The summed E-state index contributed by atoms with van der Waals surface area (Å²) >= 11 is 0. The van der Waals surface area contributed by atoms with Gasteiger partial charge in [-0.05, 0) is 0 Å². The Hall–Kier alpha value is -1.77. The molecule has 0 atom stereocenters. The molecule has 1 rings (SSSR count). The van der Waals surface area contributed by atoms with Gasteiger partial charge in [0.25, 0.3) is 0 Å². The molecule has 3 nitrogen and oxygen atoms in total. The van der Waals surface area contributed by atoms with Crippen LogP contribution in [0.4, 0.5) is 0 Å². The number of aldehydes is 2. The van der Waals surface area contributed by atoms with Crippen molar-refractivity contribution in [2.75, 3.05) is 0 Å². The predicted octanol–water partition coefficient (Wildman–Crippen LogP) is 0.835. The minimum absolute atomic E-state index is 0.479. The first kappa shape index (κ1) is 8.33. The largest absolute Gasteiger partial charge is 0.298 e. The van der Waals surface area contributed by atoms with E-state index in [0.29, 0.717) is 23.7 Å². The van der Waals surface area contributed by atoms with E-state index in [-0.39, 0.29) is 0 Å². The predicted molar refractivity (Wildman–Crippen MR) is 45.9 cm³/mol. The van der Waals surface area contributed by atoms with Crippen LogP contribution in [0.3, 0.4) is 0 Å². The van der Waals surface area contributed by atoms with E-state index in [9.17, 15) is 9.59 Å². The van der Waals surface area contributed by atoms with Gasteiger partial charge in [-0.15, -0.1) is 0 Å². The van der Waals surface area contributed by atoms with Crippen molar-refractivity contribution in [1.29, 1.82) is 0 Å². The molecule has 0 aliphatic carbocycles. The minimum Gasteiger partial charge on any atom is -0.298 e. The Bertz CT molecular complexity index is 276. The molecule has 0 unspecified atom stereocenters. The van der Waals surface area contributed by atoms with Gasteiger partial charge in [-0.25, -0.2) is 0 Å². The third kappa shape index (κ3) is 2.12. The first-order chi connectivity index (χ1) is 5.86. The van der Waals surface area contributed by atoms with Crippen LogP contribution in [0.2, 0.25) is 0 Å². The molecule has 0 saturated heterocycles. The van der Waals surface area contributed by atoms with Gasteiger partial charge in [-0.1, -0.05) is 18.2 Å². The van der Waals surface area contributed by atoms with Crippen molar-refractivity contribution in [1.82, 2.24) is 0 Å². The Kier molecular flexibility index (Phi) is 2.90. The van der Waals surface area contributed by atoms with Crippen molar-refractivity contribution in [2.24, 2.45) is 4.99 Å². The molecule has 1 aliphatic heterocycles. The lowest BCUT2D eigenvalue weighted by Gasteiger charge is -1.91. The average Bonchev–Trinajstić information content (AvgIpc) is 2.05. The van der Waals surface area contributed by atoms with Crippen LogP contribution in [0, 0.1) is 0 Å². The van der Waals surface area contributed by atoms with Gasteiger partial charge in [-0.2, -0.15) is 0 Å². The van der Waals surface area contributed by atoms with E-state index in [2.05, 4.69) is 4.99 Å². The molecule has 0 radical (unpaired) electrons. The van der Waals surface area contributed by atoms with E-state index in [4.69, 9.17) is 0 Å². The SMILES string of the molecule is O=CC1=CC=CC(C=O)=CN=C1. The zero-order chi connectivity index (χ0) is 8.81. The van der Waals surface area contributed by atoms with Gasteiger partial charge in [0, 0.05) is 23.6 Å². The number of hydrogen-bond donors (Lipinski definition) is 0. The van der Waals surface area contributed by atoms with Gasteiger partial charge in [-0.3, -0.25) is 14.6 Å². The lowest BCUT2D eigenvalue weighted by Crippen LogP contribution is -1.87. The molecule has 0 fully saturated rings. The maximum absolute atomic E-state index is 10.3. The minimum atomic E-state index is 0.479. The Morgan fingerprint density at radius 3 is 2.58 bits per heavy atom. The van der Waals surface area contributed by atoms with Gasteiger partial charge < -0.3 is 0 Å². The third-order valence-corrected chi connectivity index (χ3v) is 1.30. The van der Waals surface area contributed by atoms with Crippen molar-refractivity contribution < 1.29 is 9.59 Å². The highest BCUT2D eigenvalue weighted by Crippen LogP contribution is 1.98. The van der Waals surface area contributed by atoms with Gasteiger partial charge in [0.15, 0.2) is 12.6 Å². The molecule has 0 aromatic carbocycles. The van der Waals surface area contributed by atoms with E-state index >= 15 is 0 Å². The van der Waals surface area contributed by atoms with E-state index in [1.165, 1.54) is 12.4 Å². The molecule has 0 saturated carbocycles. The number of aliphatic imine (C=N–C) groups is 1. The van der Waals surface area contributed by atoms with Crippen LogP contribution in [0.25, 0.3) is 0 Å². The Morgan fingerprint density at radius 1 is 1.17 bits per heavy atom. The fourth-order valence-corrected chi connectivity index (χ4v) is 0.705. The van der Waals surface area contributed by atoms with Crippen LogP contribution in [0.15, 0.2) is 40.6 Å². The Balaban J connectivity index is 2.90. The molecule has 0 spiro atoms. The summed E-state index contributed by atoms with van der Waals surface area (Å²) in [5.41, 5.74) is 0.958. The normalized spacial score (nSPS) is 15.7. The second-order valence-electron chi connectivity index (χ2n) is 2.17. The maximum Gasteiger partial charge on any atom is 0.151 e. The van der Waals surface area contributed by atoms with Gasteiger partial charge in [0.1, 0.15) is 0 Å². The fourth-order valence-electron chi connectivity index (χ4n) is 0.705. The second kappa shape index (κ2) is 4.18. The molecule has 0 N–H and O–H groups in total. The molecule has 0 aromatic heterocycles. The summed E-state index contributed by atoms with van der Waals surface area (Å²) in [5.74, 6) is 0. The van der Waals surface area contributed by atoms with E-state index in [1.807, 2.05) is 0 Å². The smallest absolute Gasteiger partial charge is 0.151 e. The van der Waals surface area contributed by atoms with Crippen molar-refractivity contribution in [3.8, 4) is 0 Å². The van der Waals surface area contributed by atoms with Crippen LogP contribution in [0.1, 0.15) is 0 Å². The van der Waals surface area contributed by atoms with Crippen LogP contribution >= 0.6 is 0 Å². The quantitative estimate of drug-likeness (QED) is 0.563. The molecule has 3 heteroatoms. The number of hydrogen-bond acceptors (Lipinski definition) is 3. The number of carbonyl (C=O) groups excluding carboxylic acids is 2. The number of rotatable bonds is 2. The summed E-state index contributed by atoms with van der Waals surface area (Å²) in [6.07, 6.45) is 9.02. The lowest BCUT2D eigenvalue weighted by molar-refractivity contribution is -0.105. The molecule has 60 valence electrons. The van der Waals surface area contributed by atoms with Crippen LogP contribution in [-0.2, 0) is 9.59 Å². The molecule has 0 bridgehead atoms. The first-order valence-corrected chi connectivity index (χ1v) is 3.39. The highest BCUT2D eigenvalue weighted by molar-refractivity contribution is 6.02. The van der Waals surface area contributed by atoms with E-state index < -0.39 is 0 Å². The molecule has 0 aromatic rings. The van der Waals surface area contributed by atoms with Crippen molar-refractivity contribution >= 4 is 18.8 Å². The average molecular weight is 161 g/mol. The van der Waals surface area contributed by atoms with Crippen molar-refractivity contribution in [3.63, 3.8) is 0 Å². The van der Waals surface area contributed by atoms with Crippen LogP contribution in [-0.4, -0.2) is 18.8 Å². The number of allylic oxidation sites excluding steroid dienone is 5. The molecule has 0 amide bonds. The van der Waals surface area contributed by atoms with Gasteiger partial charge in [0.2, 0.25) is 0 Å². The van der Waals surface area contributed by atoms with Crippen molar-refractivity contribution in [3.05, 3.63) is 35.6 Å². The molecular formula is C9H7NO2. The van der Waals surface area contributed by atoms with Crippen LogP contribution < -0.4 is 0 Å². The van der Waals surface area contributed by atoms with Crippen LogP contribution in [0.5, 0.6) is 0 Å². The zero-order valence-electron chi connectivity index (χ0n) is 6.31. The molecule has 1 aliphatic rings. The number of carbonyl (C=O) groups is 2. The van der Waals surface area contributed by atoms with Gasteiger partial charge >= 0.3 is 0 Å². The summed E-state index contributed by atoms with van der Waals surface area (Å²) in [6, 6.07) is 0. The first-order valence-electron chi connectivity index (χ1n) is 3.39. The summed E-state index contributed by atoms with van der Waals surface area (Å²) in [6.45, 7) is 0. The molecule has 12 heavy (non-hydrogen) atoms. The van der Waals surface area contributed by atoms with E-state index in [1.54, 1.807) is 18.2 Å². The molecular weight excluding hydrogens is 154 g/mol. The zero-order valence-corrected chi connectivity index (χ0v) is 6.31.